The van der Waals surface area contributed by atoms with Crippen molar-refractivity contribution in [2.75, 3.05) is 38.7 Å². The van der Waals surface area contributed by atoms with E-state index in [9.17, 15) is 14.4 Å². The normalized spacial score (nSPS) is 20.6. The summed E-state index contributed by atoms with van der Waals surface area (Å²) in [6, 6.07) is 6.31. The van der Waals surface area contributed by atoms with Gasteiger partial charge in [-0.2, -0.15) is 0 Å². The summed E-state index contributed by atoms with van der Waals surface area (Å²) in [6.07, 6.45) is 4.99. The second-order valence-corrected chi connectivity index (χ2v) is 8.18. The topological polar surface area (TPSA) is 94.2 Å². The number of likely N-dealkylation sites (tertiary alicyclic amines) is 1. The van der Waals surface area contributed by atoms with Crippen LogP contribution in [-0.4, -0.2) is 62.4 Å². The van der Waals surface area contributed by atoms with Crippen molar-refractivity contribution in [1.82, 2.24) is 4.90 Å². The quantitative estimate of drug-likeness (QED) is 0.690. The van der Waals surface area contributed by atoms with Gasteiger partial charge in [0.1, 0.15) is 0 Å². The van der Waals surface area contributed by atoms with Crippen LogP contribution in [0.1, 0.15) is 55.8 Å². The first-order valence-electron chi connectivity index (χ1n) is 11.0. The standard InChI is InChI=1S/C23H32N2O6/c1-3-30-21(27)23(16-19-6-4-5-15-31-19)11-13-25(14-12-23)22(28)24-18-9-7-17(8-10-18)20(26)29-2/h7-10,19H,3-6,11-16H2,1-2H3,(H,24,28)/t19-/m1/s1. The monoisotopic (exact) mass is 432 g/mol. The Morgan fingerprint density at radius 3 is 2.45 bits per heavy atom. The molecule has 0 aromatic heterocycles. The number of carbonyl (C=O) groups is 3. The highest BCUT2D eigenvalue weighted by Gasteiger charge is 2.45. The third-order valence-electron chi connectivity index (χ3n) is 6.17. The van der Waals surface area contributed by atoms with Gasteiger partial charge in [0.2, 0.25) is 0 Å². The lowest BCUT2D eigenvalue weighted by Gasteiger charge is -2.42. The number of hydrogen-bond donors (Lipinski definition) is 1. The fourth-order valence-corrected chi connectivity index (χ4v) is 4.33. The Bertz CT molecular complexity index is 765. The van der Waals surface area contributed by atoms with Gasteiger partial charge in [0.15, 0.2) is 0 Å². The number of piperidine rings is 1. The highest BCUT2D eigenvalue weighted by Crippen LogP contribution is 2.40. The maximum atomic E-state index is 12.8. The third-order valence-corrected chi connectivity index (χ3v) is 6.17. The van der Waals surface area contributed by atoms with Crippen molar-refractivity contribution in [1.29, 1.82) is 0 Å². The number of nitrogens with zero attached hydrogens (tertiary/aromatic N) is 1. The van der Waals surface area contributed by atoms with E-state index < -0.39 is 11.4 Å². The van der Waals surface area contributed by atoms with Crippen molar-refractivity contribution in [2.24, 2.45) is 5.41 Å². The van der Waals surface area contributed by atoms with Crippen LogP contribution < -0.4 is 5.32 Å². The summed E-state index contributed by atoms with van der Waals surface area (Å²) < 4.78 is 16.0. The Morgan fingerprint density at radius 2 is 1.87 bits per heavy atom. The number of ether oxygens (including phenoxy) is 3. The highest BCUT2D eigenvalue weighted by molar-refractivity contribution is 5.92. The van der Waals surface area contributed by atoms with E-state index in [-0.39, 0.29) is 18.1 Å². The van der Waals surface area contributed by atoms with E-state index in [1.807, 2.05) is 6.92 Å². The number of methoxy groups -OCH3 is 1. The average molecular weight is 433 g/mol. The molecule has 1 atom stereocenters. The summed E-state index contributed by atoms with van der Waals surface area (Å²) in [5, 5.41) is 2.85. The second-order valence-electron chi connectivity index (χ2n) is 8.18. The molecule has 1 aromatic carbocycles. The minimum Gasteiger partial charge on any atom is -0.466 e. The van der Waals surface area contributed by atoms with Gasteiger partial charge in [-0.25, -0.2) is 9.59 Å². The van der Waals surface area contributed by atoms with Gasteiger partial charge in [-0.1, -0.05) is 0 Å². The van der Waals surface area contributed by atoms with Crippen molar-refractivity contribution >= 4 is 23.7 Å². The number of nitrogens with one attached hydrogen (secondary N) is 1. The van der Waals surface area contributed by atoms with Crippen molar-refractivity contribution in [3.63, 3.8) is 0 Å². The molecular formula is C23H32N2O6. The lowest BCUT2D eigenvalue weighted by Crippen LogP contribution is -2.49. The lowest BCUT2D eigenvalue weighted by atomic mass is 9.73. The Morgan fingerprint density at radius 1 is 1.16 bits per heavy atom. The predicted octanol–water partition coefficient (Wildman–Crippen LogP) is 3.61. The van der Waals surface area contributed by atoms with Crippen LogP contribution in [0, 0.1) is 5.41 Å². The minimum atomic E-state index is -0.600. The predicted molar refractivity (Wildman–Crippen MR) is 115 cm³/mol. The summed E-state index contributed by atoms with van der Waals surface area (Å²) >= 11 is 0. The SMILES string of the molecule is CCOC(=O)C1(C[C@H]2CCCCO2)CCN(C(=O)Nc2ccc(C(=O)OC)cc2)CC1. The number of anilines is 1. The molecular weight excluding hydrogens is 400 g/mol. The molecule has 2 heterocycles. The molecule has 0 unspecified atom stereocenters. The van der Waals surface area contributed by atoms with Gasteiger partial charge < -0.3 is 24.4 Å². The van der Waals surface area contributed by atoms with Crippen LogP contribution >= 0.6 is 0 Å². The fourth-order valence-electron chi connectivity index (χ4n) is 4.33. The molecule has 3 rings (SSSR count). The van der Waals surface area contributed by atoms with Crippen LogP contribution in [0.5, 0.6) is 0 Å². The molecule has 1 aromatic rings. The van der Waals surface area contributed by atoms with Crippen molar-refractivity contribution in [3.8, 4) is 0 Å². The summed E-state index contributed by atoms with van der Waals surface area (Å²) in [6.45, 7) is 3.84. The number of amides is 2. The molecule has 8 heteroatoms. The highest BCUT2D eigenvalue weighted by atomic mass is 16.5. The average Bonchev–Trinajstić information content (AvgIpc) is 2.80. The summed E-state index contributed by atoms with van der Waals surface area (Å²) in [5.74, 6) is -0.603. The molecule has 2 saturated heterocycles. The van der Waals surface area contributed by atoms with Crippen molar-refractivity contribution in [3.05, 3.63) is 29.8 Å². The lowest BCUT2D eigenvalue weighted by molar-refractivity contribution is -0.162. The molecule has 170 valence electrons. The minimum absolute atomic E-state index is 0.0758. The number of esters is 2. The Balaban J connectivity index is 1.60. The largest absolute Gasteiger partial charge is 0.466 e. The summed E-state index contributed by atoms with van der Waals surface area (Å²) in [4.78, 5) is 38.8. The number of urea groups is 1. The van der Waals surface area contributed by atoms with Gasteiger partial charge in [0, 0.05) is 25.4 Å². The Hall–Kier alpha value is -2.61. The zero-order valence-corrected chi connectivity index (χ0v) is 18.4. The van der Waals surface area contributed by atoms with E-state index in [2.05, 4.69) is 10.1 Å². The zero-order chi connectivity index (χ0) is 22.3. The van der Waals surface area contributed by atoms with Crippen molar-refractivity contribution in [2.45, 2.75) is 51.6 Å². The number of benzene rings is 1. The van der Waals surface area contributed by atoms with Gasteiger partial charge in [-0.3, -0.25) is 4.79 Å². The first kappa shape index (κ1) is 23.1. The van der Waals surface area contributed by atoms with Gasteiger partial charge >= 0.3 is 18.0 Å². The van der Waals surface area contributed by atoms with Gasteiger partial charge in [0.05, 0.1) is 30.8 Å². The molecule has 8 nitrogen and oxygen atoms in total. The fraction of sp³-hybridized carbons (Fsp3) is 0.609. The van der Waals surface area contributed by atoms with E-state index in [1.54, 1.807) is 29.2 Å². The van der Waals surface area contributed by atoms with Gasteiger partial charge in [-0.15, -0.1) is 0 Å². The zero-order valence-electron chi connectivity index (χ0n) is 18.4. The number of hydrogen-bond acceptors (Lipinski definition) is 6. The van der Waals surface area contributed by atoms with Crippen LogP contribution in [0.15, 0.2) is 24.3 Å². The molecule has 2 amide bonds. The molecule has 0 saturated carbocycles. The van der Waals surface area contributed by atoms with E-state index in [4.69, 9.17) is 9.47 Å². The molecule has 2 aliphatic heterocycles. The van der Waals surface area contributed by atoms with Crippen LogP contribution in [0.2, 0.25) is 0 Å². The Kier molecular flexibility index (Phi) is 7.90. The molecule has 1 N–H and O–H groups in total. The second kappa shape index (κ2) is 10.6. The molecule has 2 fully saturated rings. The Labute approximate surface area is 183 Å². The van der Waals surface area contributed by atoms with Gasteiger partial charge in [-0.05, 0) is 69.7 Å². The first-order valence-corrected chi connectivity index (χ1v) is 11.0. The van der Waals surface area contributed by atoms with E-state index in [1.165, 1.54) is 7.11 Å². The maximum Gasteiger partial charge on any atom is 0.337 e. The van der Waals surface area contributed by atoms with Crippen LogP contribution in [0.25, 0.3) is 0 Å². The van der Waals surface area contributed by atoms with Crippen LogP contribution in [0.4, 0.5) is 10.5 Å². The van der Waals surface area contributed by atoms with Crippen LogP contribution in [-0.2, 0) is 19.0 Å². The van der Waals surface area contributed by atoms with E-state index in [0.29, 0.717) is 50.2 Å². The number of rotatable bonds is 6. The first-order chi connectivity index (χ1) is 15.0. The molecule has 31 heavy (non-hydrogen) atoms. The molecule has 0 bridgehead atoms. The third kappa shape index (κ3) is 5.76. The molecule has 0 aliphatic carbocycles. The van der Waals surface area contributed by atoms with E-state index in [0.717, 1.165) is 25.9 Å². The van der Waals surface area contributed by atoms with E-state index >= 15 is 0 Å². The molecule has 2 aliphatic rings. The summed E-state index contributed by atoms with van der Waals surface area (Å²) in [5.41, 5.74) is 0.412. The maximum absolute atomic E-state index is 12.8. The summed E-state index contributed by atoms with van der Waals surface area (Å²) in [7, 11) is 1.32. The number of carbonyl (C=O) groups excluding carboxylic acids is 3. The van der Waals surface area contributed by atoms with Gasteiger partial charge in [0.25, 0.3) is 0 Å². The van der Waals surface area contributed by atoms with Crippen molar-refractivity contribution < 1.29 is 28.6 Å². The molecule has 0 radical (unpaired) electrons. The van der Waals surface area contributed by atoms with Crippen LogP contribution in [0.3, 0.4) is 0 Å². The molecule has 0 spiro atoms. The smallest absolute Gasteiger partial charge is 0.337 e.